The molecule has 2 aromatic rings. The van der Waals surface area contributed by atoms with Gasteiger partial charge >= 0.3 is 5.00 Å². The van der Waals surface area contributed by atoms with E-state index in [1.807, 2.05) is 13.0 Å². The lowest BCUT2D eigenvalue weighted by Crippen LogP contribution is -1.99. The summed E-state index contributed by atoms with van der Waals surface area (Å²) in [6.45, 7) is 2.39. The standard InChI is InChI=1S/C11H10ClN3O2S/c1-7-2-9(5-14-11(7)12)13-4-8-3-10(15(16)17)18-6-8/h2-3,5-6,13H,4H2,1H3. The van der Waals surface area contributed by atoms with Gasteiger partial charge in [0.25, 0.3) is 0 Å². The Balaban J connectivity index is 2.02. The van der Waals surface area contributed by atoms with E-state index in [0.29, 0.717) is 11.7 Å². The van der Waals surface area contributed by atoms with Crippen molar-refractivity contribution in [2.24, 2.45) is 0 Å². The molecule has 0 aliphatic heterocycles. The molecule has 0 unspecified atom stereocenters. The van der Waals surface area contributed by atoms with Crippen molar-refractivity contribution in [3.8, 4) is 0 Å². The Labute approximate surface area is 113 Å². The van der Waals surface area contributed by atoms with Crippen LogP contribution in [0.3, 0.4) is 0 Å². The van der Waals surface area contributed by atoms with Crippen LogP contribution >= 0.6 is 22.9 Å². The predicted octanol–water partition coefficient (Wildman–Crippen LogP) is 3.63. The molecular weight excluding hydrogens is 274 g/mol. The number of nitro groups is 1. The van der Waals surface area contributed by atoms with Crippen LogP contribution in [-0.2, 0) is 6.54 Å². The minimum absolute atomic E-state index is 0.150. The van der Waals surface area contributed by atoms with Crippen LogP contribution in [0.15, 0.2) is 23.7 Å². The van der Waals surface area contributed by atoms with Crippen LogP contribution in [-0.4, -0.2) is 9.91 Å². The van der Waals surface area contributed by atoms with E-state index in [1.165, 1.54) is 0 Å². The Morgan fingerprint density at radius 2 is 2.33 bits per heavy atom. The lowest BCUT2D eigenvalue weighted by molar-refractivity contribution is -0.380. The van der Waals surface area contributed by atoms with Crippen molar-refractivity contribution in [3.05, 3.63) is 50.1 Å². The average molecular weight is 284 g/mol. The maximum absolute atomic E-state index is 10.5. The molecule has 0 aliphatic carbocycles. The molecule has 2 aromatic heterocycles. The second kappa shape index (κ2) is 5.32. The van der Waals surface area contributed by atoms with Gasteiger partial charge in [-0.05, 0) is 24.1 Å². The molecule has 0 aliphatic rings. The zero-order valence-corrected chi connectivity index (χ0v) is 11.1. The summed E-state index contributed by atoms with van der Waals surface area (Å²) in [6.07, 6.45) is 1.64. The van der Waals surface area contributed by atoms with Crippen LogP contribution in [0.2, 0.25) is 5.15 Å². The summed E-state index contributed by atoms with van der Waals surface area (Å²) in [6, 6.07) is 3.45. The summed E-state index contributed by atoms with van der Waals surface area (Å²) in [4.78, 5) is 14.2. The van der Waals surface area contributed by atoms with Gasteiger partial charge in [0.15, 0.2) is 0 Å². The molecule has 5 nitrogen and oxygen atoms in total. The van der Waals surface area contributed by atoms with Crippen molar-refractivity contribution in [1.82, 2.24) is 4.98 Å². The van der Waals surface area contributed by atoms with E-state index in [1.54, 1.807) is 17.6 Å². The van der Waals surface area contributed by atoms with E-state index < -0.39 is 0 Å². The van der Waals surface area contributed by atoms with Gasteiger partial charge in [-0.25, -0.2) is 4.98 Å². The largest absolute Gasteiger partial charge is 0.380 e. The lowest BCUT2D eigenvalue weighted by atomic mass is 10.3. The second-order valence-corrected chi connectivity index (χ2v) is 4.98. The average Bonchev–Trinajstić information content (AvgIpc) is 2.79. The summed E-state index contributed by atoms with van der Waals surface area (Å²) in [5.74, 6) is 0. The number of nitrogens with one attached hydrogen (secondary N) is 1. The molecule has 7 heteroatoms. The Bertz CT molecular complexity index is 585. The van der Waals surface area contributed by atoms with Crippen LogP contribution in [0.25, 0.3) is 0 Å². The summed E-state index contributed by atoms with van der Waals surface area (Å²) in [5.41, 5.74) is 2.60. The zero-order chi connectivity index (χ0) is 13.1. The zero-order valence-electron chi connectivity index (χ0n) is 9.51. The number of anilines is 1. The van der Waals surface area contributed by atoms with Gasteiger partial charge in [-0.2, -0.15) is 0 Å². The first-order valence-corrected chi connectivity index (χ1v) is 6.40. The first-order valence-electron chi connectivity index (χ1n) is 5.14. The van der Waals surface area contributed by atoms with E-state index in [-0.39, 0.29) is 9.92 Å². The minimum atomic E-state index is -0.387. The monoisotopic (exact) mass is 283 g/mol. The molecule has 0 radical (unpaired) electrons. The first-order chi connectivity index (χ1) is 8.56. The maximum atomic E-state index is 10.5. The quantitative estimate of drug-likeness (QED) is 0.528. The lowest BCUT2D eigenvalue weighted by Gasteiger charge is -2.05. The molecule has 0 fully saturated rings. The number of halogens is 1. The fourth-order valence-electron chi connectivity index (χ4n) is 1.41. The van der Waals surface area contributed by atoms with Gasteiger partial charge in [0.2, 0.25) is 0 Å². The molecule has 0 amide bonds. The van der Waals surface area contributed by atoms with Gasteiger partial charge in [0.05, 0.1) is 16.8 Å². The van der Waals surface area contributed by atoms with Crippen LogP contribution < -0.4 is 5.32 Å². The van der Waals surface area contributed by atoms with Crippen LogP contribution in [0.4, 0.5) is 10.7 Å². The van der Waals surface area contributed by atoms with Gasteiger partial charge in [0, 0.05) is 18.0 Å². The number of rotatable bonds is 4. The Hall–Kier alpha value is -1.66. The highest BCUT2D eigenvalue weighted by Gasteiger charge is 2.09. The van der Waals surface area contributed by atoms with Crippen LogP contribution in [0.1, 0.15) is 11.1 Å². The fraction of sp³-hybridized carbons (Fsp3) is 0.182. The molecule has 0 saturated heterocycles. The number of aromatic nitrogens is 1. The molecule has 0 bridgehead atoms. The van der Waals surface area contributed by atoms with E-state index in [2.05, 4.69) is 10.3 Å². The normalized spacial score (nSPS) is 10.3. The Kier molecular flexibility index (Phi) is 3.78. The SMILES string of the molecule is Cc1cc(NCc2csc([N+](=O)[O-])c2)cnc1Cl. The summed E-state index contributed by atoms with van der Waals surface area (Å²) < 4.78 is 0. The highest BCUT2D eigenvalue weighted by molar-refractivity contribution is 7.13. The van der Waals surface area contributed by atoms with Crippen molar-refractivity contribution in [2.45, 2.75) is 13.5 Å². The van der Waals surface area contributed by atoms with Crippen molar-refractivity contribution < 1.29 is 4.92 Å². The van der Waals surface area contributed by atoms with Gasteiger partial charge in [-0.15, -0.1) is 0 Å². The molecule has 2 rings (SSSR count). The molecule has 18 heavy (non-hydrogen) atoms. The molecular formula is C11H10ClN3O2S. The second-order valence-electron chi connectivity index (χ2n) is 3.74. The number of pyridine rings is 1. The third-order valence-corrected chi connectivity index (χ3v) is 3.66. The third kappa shape index (κ3) is 2.96. The van der Waals surface area contributed by atoms with Gasteiger partial charge in [0.1, 0.15) is 5.15 Å². The number of nitrogens with zero attached hydrogens (tertiary/aromatic N) is 2. The predicted molar refractivity (Wildman–Crippen MR) is 72.3 cm³/mol. The summed E-state index contributed by atoms with van der Waals surface area (Å²) >= 11 is 6.95. The first kappa shape index (κ1) is 12.8. The molecule has 0 spiro atoms. The van der Waals surface area contributed by atoms with Crippen molar-refractivity contribution in [3.63, 3.8) is 0 Å². The Morgan fingerprint density at radius 3 is 2.94 bits per heavy atom. The van der Waals surface area contributed by atoms with Crippen LogP contribution in [0.5, 0.6) is 0 Å². The van der Waals surface area contributed by atoms with E-state index >= 15 is 0 Å². The maximum Gasteiger partial charge on any atom is 0.324 e. The summed E-state index contributed by atoms with van der Waals surface area (Å²) in [5, 5.41) is 16.1. The van der Waals surface area contributed by atoms with Crippen molar-refractivity contribution in [1.29, 1.82) is 0 Å². The molecule has 0 saturated carbocycles. The topological polar surface area (TPSA) is 68.1 Å². The minimum Gasteiger partial charge on any atom is -0.380 e. The molecule has 94 valence electrons. The highest BCUT2D eigenvalue weighted by atomic mass is 35.5. The molecule has 0 atom stereocenters. The van der Waals surface area contributed by atoms with Gasteiger partial charge in [-0.1, -0.05) is 22.9 Å². The highest BCUT2D eigenvalue weighted by Crippen LogP contribution is 2.23. The Morgan fingerprint density at radius 1 is 1.56 bits per heavy atom. The molecule has 1 N–H and O–H groups in total. The van der Waals surface area contributed by atoms with E-state index in [0.717, 1.165) is 28.2 Å². The fourth-order valence-corrected chi connectivity index (χ4v) is 2.24. The smallest absolute Gasteiger partial charge is 0.324 e. The van der Waals surface area contributed by atoms with Gasteiger partial charge < -0.3 is 5.32 Å². The third-order valence-electron chi connectivity index (χ3n) is 2.33. The number of aryl methyl sites for hydroxylation is 1. The molecule has 2 heterocycles. The van der Waals surface area contributed by atoms with Gasteiger partial charge in [-0.3, -0.25) is 10.1 Å². The number of thiophene rings is 1. The van der Waals surface area contributed by atoms with E-state index in [4.69, 9.17) is 11.6 Å². The van der Waals surface area contributed by atoms with Crippen molar-refractivity contribution in [2.75, 3.05) is 5.32 Å². The molecule has 0 aromatic carbocycles. The van der Waals surface area contributed by atoms with Crippen molar-refractivity contribution >= 4 is 33.6 Å². The van der Waals surface area contributed by atoms with E-state index in [9.17, 15) is 10.1 Å². The number of hydrogen-bond donors (Lipinski definition) is 1. The summed E-state index contributed by atoms with van der Waals surface area (Å²) in [7, 11) is 0. The van der Waals surface area contributed by atoms with Crippen LogP contribution in [0, 0.1) is 17.0 Å². The number of hydrogen-bond acceptors (Lipinski definition) is 5.